The molecule has 13 nitrogen and oxygen atoms in total. The molecule has 0 radical (unpaired) electrons. The van der Waals surface area contributed by atoms with Gasteiger partial charge in [-0.1, -0.05) is 20.3 Å². The Morgan fingerprint density at radius 1 is 0.970 bits per heavy atom. The molecular formula is C20H30N8O5. The Balaban J connectivity index is 2.15. The Bertz CT molecular complexity index is 915. The van der Waals surface area contributed by atoms with Gasteiger partial charge in [0.1, 0.15) is 18.1 Å². The predicted octanol–water partition coefficient (Wildman–Crippen LogP) is -1.54. The van der Waals surface area contributed by atoms with Crippen molar-refractivity contribution in [3.05, 3.63) is 36.4 Å². The van der Waals surface area contributed by atoms with Gasteiger partial charge in [0.2, 0.25) is 17.7 Å². The van der Waals surface area contributed by atoms with Crippen LogP contribution in [-0.2, 0) is 32.0 Å². The van der Waals surface area contributed by atoms with Gasteiger partial charge < -0.3 is 36.8 Å². The molecule has 2 aromatic heterocycles. The topological polar surface area (TPSA) is 208 Å². The van der Waals surface area contributed by atoms with Crippen LogP contribution in [0, 0.1) is 5.92 Å². The van der Waals surface area contributed by atoms with Gasteiger partial charge in [-0.25, -0.2) is 14.8 Å². The number of aromatic nitrogens is 4. The summed E-state index contributed by atoms with van der Waals surface area (Å²) in [6.07, 6.45) is 6.47. The summed E-state index contributed by atoms with van der Waals surface area (Å²) >= 11 is 0. The van der Waals surface area contributed by atoms with E-state index in [4.69, 9.17) is 5.73 Å². The van der Waals surface area contributed by atoms with Gasteiger partial charge in [-0.15, -0.1) is 0 Å². The minimum Gasteiger partial charge on any atom is -0.480 e. The number of carbonyl (C=O) groups is 4. The van der Waals surface area contributed by atoms with Crippen molar-refractivity contribution in [2.75, 3.05) is 6.54 Å². The highest BCUT2D eigenvalue weighted by atomic mass is 16.4. The smallest absolute Gasteiger partial charge is 0.326 e. The quantitative estimate of drug-likeness (QED) is 0.185. The summed E-state index contributed by atoms with van der Waals surface area (Å²) in [5, 5.41) is 17.2. The Kier molecular flexibility index (Phi) is 9.54. The maximum atomic E-state index is 13.0. The van der Waals surface area contributed by atoms with Crippen molar-refractivity contribution in [1.82, 2.24) is 35.9 Å². The molecule has 180 valence electrons. The van der Waals surface area contributed by atoms with E-state index in [0.29, 0.717) is 17.8 Å². The van der Waals surface area contributed by atoms with Crippen LogP contribution in [0.5, 0.6) is 0 Å². The SMILES string of the molecule is CCC(C)C(NC(=O)C(Cc1cnc[nH]1)NC(=O)CN)C(=O)NC(Cc1cnc[nH]1)C(=O)O. The molecule has 0 saturated heterocycles. The molecule has 4 unspecified atom stereocenters. The van der Waals surface area contributed by atoms with Crippen LogP contribution in [0.15, 0.2) is 25.0 Å². The number of nitrogens with zero attached hydrogens (tertiary/aromatic N) is 2. The molecule has 2 rings (SSSR count). The van der Waals surface area contributed by atoms with Gasteiger partial charge in [0.25, 0.3) is 0 Å². The van der Waals surface area contributed by atoms with Gasteiger partial charge in [0, 0.05) is 36.6 Å². The molecule has 0 aromatic carbocycles. The number of carboxylic acids is 1. The van der Waals surface area contributed by atoms with Gasteiger partial charge >= 0.3 is 5.97 Å². The average Bonchev–Trinajstić information content (AvgIpc) is 3.49. The van der Waals surface area contributed by atoms with Gasteiger partial charge in [0.05, 0.1) is 19.2 Å². The van der Waals surface area contributed by atoms with Crippen LogP contribution in [0.25, 0.3) is 0 Å². The van der Waals surface area contributed by atoms with Gasteiger partial charge in [-0.3, -0.25) is 14.4 Å². The number of nitrogens with two attached hydrogens (primary N) is 1. The van der Waals surface area contributed by atoms with Crippen molar-refractivity contribution < 1.29 is 24.3 Å². The molecule has 0 spiro atoms. The normalized spacial score (nSPS) is 14.5. The first kappa shape index (κ1) is 25.5. The molecule has 0 fully saturated rings. The van der Waals surface area contributed by atoms with Crippen molar-refractivity contribution in [3.63, 3.8) is 0 Å². The lowest BCUT2D eigenvalue weighted by molar-refractivity contribution is -0.142. The number of aliphatic carboxylic acids is 1. The van der Waals surface area contributed by atoms with E-state index in [2.05, 4.69) is 35.9 Å². The molecule has 0 saturated carbocycles. The Morgan fingerprint density at radius 2 is 1.55 bits per heavy atom. The van der Waals surface area contributed by atoms with Crippen LogP contribution in [0.4, 0.5) is 0 Å². The first-order valence-electron chi connectivity index (χ1n) is 10.5. The third-order valence-electron chi connectivity index (χ3n) is 5.20. The van der Waals surface area contributed by atoms with Gasteiger partial charge in [0.15, 0.2) is 0 Å². The van der Waals surface area contributed by atoms with E-state index in [1.54, 1.807) is 6.92 Å². The zero-order valence-corrected chi connectivity index (χ0v) is 18.5. The summed E-state index contributed by atoms with van der Waals surface area (Å²) < 4.78 is 0. The third kappa shape index (κ3) is 7.71. The number of carbonyl (C=O) groups excluding carboxylic acids is 3. The van der Waals surface area contributed by atoms with E-state index in [-0.39, 0.29) is 25.3 Å². The van der Waals surface area contributed by atoms with E-state index in [0.717, 1.165) is 0 Å². The molecule has 2 aromatic rings. The summed E-state index contributed by atoms with van der Waals surface area (Å²) in [7, 11) is 0. The standard InChI is InChI=1S/C20H30N8O5/c1-3-11(2)17(19(31)27-15(20(32)33)5-13-8-23-10-25-13)28-18(30)14(26-16(29)6-21)4-12-7-22-9-24-12/h7-11,14-15,17H,3-6,21H2,1-2H3,(H,22,24)(H,23,25)(H,26,29)(H,27,31)(H,28,30)(H,32,33). The fourth-order valence-electron chi connectivity index (χ4n) is 3.11. The minimum atomic E-state index is -1.22. The van der Waals surface area contributed by atoms with E-state index < -0.39 is 41.8 Å². The van der Waals surface area contributed by atoms with Gasteiger partial charge in [-0.2, -0.15) is 0 Å². The summed E-state index contributed by atoms with van der Waals surface area (Å²) in [6.45, 7) is 3.29. The number of hydrogen-bond donors (Lipinski definition) is 7. The first-order valence-corrected chi connectivity index (χ1v) is 10.5. The Morgan fingerprint density at radius 3 is 2.00 bits per heavy atom. The van der Waals surface area contributed by atoms with Crippen molar-refractivity contribution in [2.45, 2.75) is 51.2 Å². The second-order valence-electron chi connectivity index (χ2n) is 7.66. The summed E-state index contributed by atoms with van der Waals surface area (Å²) in [5.74, 6) is -3.32. The number of amides is 3. The largest absolute Gasteiger partial charge is 0.480 e. The van der Waals surface area contributed by atoms with Crippen LogP contribution in [0.2, 0.25) is 0 Å². The van der Waals surface area contributed by atoms with E-state index in [1.807, 2.05) is 6.92 Å². The highest BCUT2D eigenvalue weighted by Crippen LogP contribution is 2.10. The molecule has 8 N–H and O–H groups in total. The molecule has 0 aliphatic carbocycles. The molecule has 0 bridgehead atoms. The number of aromatic amines is 2. The zero-order valence-electron chi connectivity index (χ0n) is 18.5. The lowest BCUT2D eigenvalue weighted by atomic mass is 9.97. The second kappa shape index (κ2) is 12.3. The molecule has 13 heteroatoms. The summed E-state index contributed by atoms with van der Waals surface area (Å²) in [5.41, 5.74) is 6.50. The number of hydrogen-bond acceptors (Lipinski definition) is 7. The van der Waals surface area contributed by atoms with Crippen LogP contribution in [0.1, 0.15) is 31.7 Å². The van der Waals surface area contributed by atoms with Crippen molar-refractivity contribution >= 4 is 23.7 Å². The molecule has 2 heterocycles. The van der Waals surface area contributed by atoms with Gasteiger partial charge in [-0.05, 0) is 5.92 Å². The third-order valence-corrected chi connectivity index (χ3v) is 5.20. The van der Waals surface area contributed by atoms with Crippen LogP contribution < -0.4 is 21.7 Å². The fraction of sp³-hybridized carbons (Fsp3) is 0.500. The minimum absolute atomic E-state index is 0.00273. The summed E-state index contributed by atoms with van der Waals surface area (Å²) in [6, 6.07) is -3.26. The molecule has 33 heavy (non-hydrogen) atoms. The maximum Gasteiger partial charge on any atom is 0.326 e. The molecular weight excluding hydrogens is 432 g/mol. The van der Waals surface area contributed by atoms with E-state index >= 15 is 0 Å². The van der Waals surface area contributed by atoms with Crippen LogP contribution in [0.3, 0.4) is 0 Å². The fourth-order valence-corrected chi connectivity index (χ4v) is 3.11. The number of rotatable bonds is 13. The highest BCUT2D eigenvalue weighted by Gasteiger charge is 2.32. The van der Waals surface area contributed by atoms with E-state index in [1.165, 1.54) is 25.0 Å². The lowest BCUT2D eigenvalue weighted by Crippen LogP contribution is -2.58. The number of imidazole rings is 2. The van der Waals surface area contributed by atoms with Crippen molar-refractivity contribution in [3.8, 4) is 0 Å². The first-order chi connectivity index (χ1) is 15.7. The monoisotopic (exact) mass is 462 g/mol. The molecule has 0 aliphatic heterocycles. The van der Waals surface area contributed by atoms with Crippen molar-refractivity contribution in [1.29, 1.82) is 0 Å². The average molecular weight is 463 g/mol. The number of H-pyrrole nitrogens is 2. The van der Waals surface area contributed by atoms with Crippen LogP contribution in [-0.4, -0.2) is 73.4 Å². The zero-order chi connectivity index (χ0) is 24.4. The maximum absolute atomic E-state index is 13.0. The van der Waals surface area contributed by atoms with Crippen molar-refractivity contribution in [2.24, 2.45) is 11.7 Å². The molecule has 3 amide bonds. The van der Waals surface area contributed by atoms with Crippen LogP contribution >= 0.6 is 0 Å². The Hall–Kier alpha value is -3.74. The highest BCUT2D eigenvalue weighted by molar-refractivity contribution is 5.93. The Labute approximate surface area is 190 Å². The van der Waals surface area contributed by atoms with E-state index in [9.17, 15) is 24.3 Å². The summed E-state index contributed by atoms with van der Waals surface area (Å²) in [4.78, 5) is 62.9. The molecule has 0 aliphatic rings. The predicted molar refractivity (Wildman–Crippen MR) is 117 cm³/mol. The molecule has 4 atom stereocenters. The second-order valence-corrected chi connectivity index (χ2v) is 7.66. The lowest BCUT2D eigenvalue weighted by Gasteiger charge is -2.27. The number of carboxylic acid groups (broad SMARTS) is 1. The number of nitrogens with one attached hydrogen (secondary N) is 5.